The van der Waals surface area contributed by atoms with Gasteiger partial charge in [-0.05, 0) is 99.9 Å². The van der Waals surface area contributed by atoms with Crippen LogP contribution in [0.1, 0.15) is 45.4 Å². The minimum absolute atomic E-state index is 0.0154. The van der Waals surface area contributed by atoms with E-state index in [1.54, 1.807) is 86.9 Å². The molecule has 0 saturated carbocycles. The van der Waals surface area contributed by atoms with Gasteiger partial charge in [0, 0.05) is 17.0 Å². The summed E-state index contributed by atoms with van der Waals surface area (Å²) in [6.07, 6.45) is 3.13. The van der Waals surface area contributed by atoms with Gasteiger partial charge in [0.25, 0.3) is 0 Å². The minimum Gasteiger partial charge on any atom is -0.508 e. The number of phenols is 3. The summed E-state index contributed by atoms with van der Waals surface area (Å²) < 4.78 is 0. The SMILES string of the molecule is Cc1nnnn1/N=C\c1ccc(O)c(C(c2ccc(O)cc2)c2cc(/C=N\n3nnnc3C)ccc2O)c1. The Morgan fingerprint density at radius 1 is 0.684 bits per heavy atom. The van der Waals surface area contributed by atoms with Gasteiger partial charge in [0.2, 0.25) is 0 Å². The second-order valence-electron chi connectivity index (χ2n) is 8.38. The largest absolute Gasteiger partial charge is 0.508 e. The fourth-order valence-electron chi connectivity index (χ4n) is 3.87. The van der Waals surface area contributed by atoms with Crippen molar-refractivity contribution >= 4 is 12.4 Å². The van der Waals surface area contributed by atoms with E-state index in [2.05, 4.69) is 41.3 Å². The smallest absolute Gasteiger partial charge is 0.173 e. The van der Waals surface area contributed by atoms with Crippen LogP contribution in [0.5, 0.6) is 17.2 Å². The van der Waals surface area contributed by atoms with Crippen molar-refractivity contribution in [3.8, 4) is 17.2 Å². The number of phenolic OH excluding ortho intramolecular Hbond substituents is 3. The Labute approximate surface area is 216 Å². The molecule has 0 aliphatic rings. The van der Waals surface area contributed by atoms with E-state index in [1.807, 2.05) is 0 Å². The Hall–Kier alpha value is -5.46. The van der Waals surface area contributed by atoms with E-state index in [1.165, 1.54) is 9.58 Å². The number of aromatic hydroxyl groups is 3. The Balaban J connectivity index is 1.60. The molecule has 0 amide bonds. The number of aryl methyl sites for hydroxylation is 2. The maximum atomic E-state index is 10.9. The molecule has 3 N–H and O–H groups in total. The number of nitrogens with zero attached hydrogens (tertiary/aromatic N) is 10. The molecule has 5 rings (SSSR count). The highest BCUT2D eigenvalue weighted by atomic mass is 16.3. The number of aromatic nitrogens is 8. The number of rotatable bonds is 7. The molecule has 38 heavy (non-hydrogen) atoms. The van der Waals surface area contributed by atoms with Crippen LogP contribution < -0.4 is 0 Å². The lowest BCUT2D eigenvalue weighted by Crippen LogP contribution is -2.06. The first-order chi connectivity index (χ1) is 18.4. The zero-order valence-electron chi connectivity index (χ0n) is 20.3. The van der Waals surface area contributed by atoms with Crippen molar-refractivity contribution in [3.05, 3.63) is 100 Å². The van der Waals surface area contributed by atoms with E-state index < -0.39 is 5.92 Å². The fraction of sp³-hybridized carbons (Fsp3) is 0.120. The van der Waals surface area contributed by atoms with Gasteiger partial charge in [-0.1, -0.05) is 12.1 Å². The van der Waals surface area contributed by atoms with E-state index in [0.717, 1.165) is 5.56 Å². The summed E-state index contributed by atoms with van der Waals surface area (Å²) in [4.78, 5) is 2.57. The van der Waals surface area contributed by atoms with E-state index in [9.17, 15) is 15.3 Å². The Kier molecular flexibility index (Phi) is 6.55. The predicted molar refractivity (Wildman–Crippen MR) is 136 cm³/mol. The fourth-order valence-corrected chi connectivity index (χ4v) is 3.87. The molecular formula is C25H22N10O3. The molecule has 0 aliphatic carbocycles. The summed E-state index contributed by atoms with van der Waals surface area (Å²) in [5, 5.41) is 62.6. The quantitative estimate of drug-likeness (QED) is 0.219. The molecule has 2 heterocycles. The lowest BCUT2D eigenvalue weighted by Gasteiger charge is -2.22. The summed E-state index contributed by atoms with van der Waals surface area (Å²) in [6, 6.07) is 16.6. The maximum Gasteiger partial charge on any atom is 0.173 e. The summed E-state index contributed by atoms with van der Waals surface area (Å²) in [5.74, 6) is 0.548. The van der Waals surface area contributed by atoms with Crippen LogP contribution in [-0.2, 0) is 0 Å². The molecule has 13 heteroatoms. The van der Waals surface area contributed by atoms with Gasteiger partial charge in [0.1, 0.15) is 17.2 Å². The third-order valence-electron chi connectivity index (χ3n) is 5.79. The molecular weight excluding hydrogens is 488 g/mol. The lowest BCUT2D eigenvalue weighted by molar-refractivity contribution is 0.458. The predicted octanol–water partition coefficient (Wildman–Crippen LogP) is 2.34. The number of hydrogen-bond acceptors (Lipinski definition) is 11. The molecule has 0 radical (unpaired) electrons. The summed E-state index contributed by atoms with van der Waals surface area (Å²) in [5.41, 5.74) is 3.08. The van der Waals surface area contributed by atoms with Crippen molar-refractivity contribution < 1.29 is 15.3 Å². The van der Waals surface area contributed by atoms with Gasteiger partial charge in [0.05, 0.1) is 12.4 Å². The topological polar surface area (TPSA) is 173 Å². The van der Waals surface area contributed by atoms with Crippen LogP contribution in [0.2, 0.25) is 0 Å². The van der Waals surface area contributed by atoms with E-state index >= 15 is 0 Å². The first kappa shape index (κ1) is 24.2. The zero-order valence-corrected chi connectivity index (χ0v) is 20.3. The first-order valence-electron chi connectivity index (χ1n) is 11.4. The lowest BCUT2D eigenvalue weighted by atomic mass is 9.83. The Morgan fingerprint density at radius 2 is 1.16 bits per heavy atom. The van der Waals surface area contributed by atoms with Gasteiger partial charge in [0.15, 0.2) is 11.6 Å². The third-order valence-corrected chi connectivity index (χ3v) is 5.79. The number of tetrazole rings is 2. The van der Waals surface area contributed by atoms with Crippen molar-refractivity contribution in [1.82, 2.24) is 40.6 Å². The second-order valence-corrected chi connectivity index (χ2v) is 8.38. The zero-order chi connectivity index (χ0) is 26.6. The molecule has 0 bridgehead atoms. The van der Waals surface area contributed by atoms with Gasteiger partial charge in [-0.15, -0.1) is 19.8 Å². The van der Waals surface area contributed by atoms with Crippen LogP contribution in [0, 0.1) is 13.8 Å². The highest BCUT2D eigenvalue weighted by Gasteiger charge is 2.24. The molecule has 0 fully saturated rings. The molecule has 0 atom stereocenters. The number of hydrogen-bond donors (Lipinski definition) is 3. The van der Waals surface area contributed by atoms with E-state index in [0.29, 0.717) is 33.9 Å². The maximum absolute atomic E-state index is 10.9. The van der Waals surface area contributed by atoms with Gasteiger partial charge in [-0.3, -0.25) is 0 Å². The minimum atomic E-state index is -0.609. The van der Waals surface area contributed by atoms with Crippen molar-refractivity contribution in [3.63, 3.8) is 0 Å². The van der Waals surface area contributed by atoms with Crippen molar-refractivity contribution in [2.45, 2.75) is 19.8 Å². The average molecular weight is 511 g/mol. The highest BCUT2D eigenvalue weighted by molar-refractivity contribution is 5.82. The molecule has 0 saturated heterocycles. The average Bonchev–Trinajstić information content (AvgIpc) is 3.52. The van der Waals surface area contributed by atoms with Gasteiger partial charge < -0.3 is 15.3 Å². The highest BCUT2D eigenvalue weighted by Crippen LogP contribution is 2.41. The monoisotopic (exact) mass is 510 g/mol. The van der Waals surface area contributed by atoms with Crippen LogP contribution in [0.15, 0.2) is 70.9 Å². The molecule has 0 spiro atoms. The van der Waals surface area contributed by atoms with Crippen molar-refractivity contribution in [1.29, 1.82) is 0 Å². The van der Waals surface area contributed by atoms with Crippen LogP contribution >= 0.6 is 0 Å². The Bertz CT molecular complexity index is 1540. The van der Waals surface area contributed by atoms with E-state index in [4.69, 9.17) is 0 Å². The standard InChI is InChI=1S/C25H22N10O3/c1-15-28-30-32-34(15)26-13-17-3-9-23(37)21(11-17)25(19-5-7-20(36)8-6-19)22-12-18(4-10-24(22)38)14-27-35-16(2)29-31-33-35/h3-14,25,36-38H,1-2H3/b26-13-,27-14-. The number of benzene rings is 3. The summed E-state index contributed by atoms with van der Waals surface area (Å²) in [7, 11) is 0. The molecule has 5 aromatic rings. The van der Waals surface area contributed by atoms with Crippen LogP contribution in [-0.4, -0.2) is 68.4 Å². The van der Waals surface area contributed by atoms with Crippen LogP contribution in [0.4, 0.5) is 0 Å². The van der Waals surface area contributed by atoms with Gasteiger partial charge in [-0.25, -0.2) is 0 Å². The molecule has 190 valence electrons. The van der Waals surface area contributed by atoms with Gasteiger partial charge in [-0.2, -0.15) is 10.2 Å². The normalized spacial score (nSPS) is 11.8. The molecule has 3 aromatic carbocycles. The second kappa shape index (κ2) is 10.3. The van der Waals surface area contributed by atoms with Crippen LogP contribution in [0.25, 0.3) is 0 Å². The summed E-state index contributed by atoms with van der Waals surface area (Å²) >= 11 is 0. The summed E-state index contributed by atoms with van der Waals surface area (Å²) in [6.45, 7) is 3.44. The Morgan fingerprint density at radius 3 is 1.58 bits per heavy atom. The molecule has 0 aliphatic heterocycles. The van der Waals surface area contributed by atoms with Gasteiger partial charge >= 0.3 is 0 Å². The molecule has 0 unspecified atom stereocenters. The van der Waals surface area contributed by atoms with Crippen molar-refractivity contribution in [2.24, 2.45) is 10.2 Å². The van der Waals surface area contributed by atoms with Crippen molar-refractivity contribution in [2.75, 3.05) is 0 Å². The third kappa shape index (κ3) is 5.06. The van der Waals surface area contributed by atoms with E-state index in [-0.39, 0.29) is 17.2 Å². The molecule has 13 nitrogen and oxygen atoms in total. The first-order valence-corrected chi connectivity index (χ1v) is 11.4. The van der Waals surface area contributed by atoms with Crippen LogP contribution in [0.3, 0.4) is 0 Å². The molecule has 2 aromatic heterocycles.